The van der Waals surface area contributed by atoms with E-state index < -0.39 is 24.5 Å². The standard InChI is InChI=1S/C24H25NO8S/c1-5-30-24(28)21-16(17-7-6-10-31-17)13-34-22(21)25-20(26)12-32-23(27)15-8-9-18(33-14(2)3)19(11-15)29-4/h6-11,13-14H,5,12H2,1-4H3,(H,25,26). The number of carbonyl (C=O) groups excluding carboxylic acids is 3. The van der Waals surface area contributed by atoms with Crippen molar-refractivity contribution in [3.63, 3.8) is 0 Å². The minimum absolute atomic E-state index is 0.0690. The molecule has 9 nitrogen and oxygen atoms in total. The first-order valence-corrected chi connectivity index (χ1v) is 11.4. The van der Waals surface area contributed by atoms with Crippen LogP contribution >= 0.6 is 11.3 Å². The SMILES string of the molecule is CCOC(=O)c1c(-c2ccco2)csc1NC(=O)COC(=O)c1ccc(OC(C)C)c(OC)c1. The van der Waals surface area contributed by atoms with Gasteiger partial charge in [0.25, 0.3) is 5.91 Å². The highest BCUT2D eigenvalue weighted by Gasteiger charge is 2.24. The molecule has 1 aromatic carbocycles. The molecule has 10 heteroatoms. The highest BCUT2D eigenvalue weighted by molar-refractivity contribution is 7.15. The van der Waals surface area contributed by atoms with Crippen LogP contribution in [0.25, 0.3) is 11.3 Å². The number of hydrogen-bond acceptors (Lipinski definition) is 9. The Bertz CT molecular complexity index is 1150. The molecule has 0 fully saturated rings. The predicted octanol–water partition coefficient (Wildman–Crippen LogP) is 4.78. The van der Waals surface area contributed by atoms with Gasteiger partial charge in [0.05, 0.1) is 31.6 Å². The number of nitrogens with one attached hydrogen (secondary N) is 1. The second-order valence-corrected chi connectivity index (χ2v) is 8.09. The van der Waals surface area contributed by atoms with Crippen molar-refractivity contribution in [3.8, 4) is 22.8 Å². The topological polar surface area (TPSA) is 113 Å². The van der Waals surface area contributed by atoms with E-state index in [1.807, 2.05) is 13.8 Å². The molecule has 1 N–H and O–H groups in total. The Labute approximate surface area is 200 Å². The molecule has 2 heterocycles. The summed E-state index contributed by atoms with van der Waals surface area (Å²) < 4.78 is 26.5. The molecule has 0 bridgehead atoms. The quantitative estimate of drug-likeness (QED) is 0.407. The van der Waals surface area contributed by atoms with Crippen molar-refractivity contribution in [2.75, 3.05) is 25.6 Å². The summed E-state index contributed by atoms with van der Waals surface area (Å²) >= 11 is 1.14. The largest absolute Gasteiger partial charge is 0.493 e. The Kier molecular flexibility index (Phi) is 8.31. The molecule has 0 aliphatic carbocycles. The van der Waals surface area contributed by atoms with E-state index in [4.69, 9.17) is 23.4 Å². The molecule has 180 valence electrons. The fourth-order valence-corrected chi connectivity index (χ4v) is 3.95. The van der Waals surface area contributed by atoms with Crippen LogP contribution in [-0.4, -0.2) is 44.3 Å². The van der Waals surface area contributed by atoms with E-state index in [2.05, 4.69) is 5.32 Å². The normalized spacial score (nSPS) is 10.6. The van der Waals surface area contributed by atoms with Gasteiger partial charge in [0, 0.05) is 10.9 Å². The van der Waals surface area contributed by atoms with Crippen molar-refractivity contribution in [2.24, 2.45) is 0 Å². The van der Waals surface area contributed by atoms with Gasteiger partial charge in [0.15, 0.2) is 18.1 Å². The van der Waals surface area contributed by atoms with Gasteiger partial charge in [0.2, 0.25) is 0 Å². The first-order chi connectivity index (χ1) is 16.3. The van der Waals surface area contributed by atoms with Gasteiger partial charge in [-0.05, 0) is 51.1 Å². The highest BCUT2D eigenvalue weighted by atomic mass is 32.1. The molecule has 0 unspecified atom stereocenters. The number of amides is 1. The van der Waals surface area contributed by atoms with Crippen LogP contribution in [-0.2, 0) is 14.3 Å². The van der Waals surface area contributed by atoms with E-state index in [0.29, 0.717) is 22.8 Å². The fraction of sp³-hybridized carbons (Fsp3) is 0.292. The Hall–Kier alpha value is -3.79. The maximum Gasteiger partial charge on any atom is 0.341 e. The molecule has 0 aliphatic rings. The molecule has 0 saturated heterocycles. The first kappa shape index (κ1) is 24.8. The number of furan rings is 1. The van der Waals surface area contributed by atoms with Gasteiger partial charge >= 0.3 is 11.9 Å². The van der Waals surface area contributed by atoms with Crippen LogP contribution < -0.4 is 14.8 Å². The number of hydrogen-bond donors (Lipinski definition) is 1. The second kappa shape index (κ2) is 11.4. The number of thiophene rings is 1. The van der Waals surface area contributed by atoms with Gasteiger partial charge in [0.1, 0.15) is 16.3 Å². The van der Waals surface area contributed by atoms with Gasteiger partial charge in [-0.1, -0.05) is 0 Å². The lowest BCUT2D eigenvalue weighted by Gasteiger charge is -2.14. The summed E-state index contributed by atoms with van der Waals surface area (Å²) in [6.07, 6.45) is 1.41. The number of rotatable bonds is 10. The summed E-state index contributed by atoms with van der Waals surface area (Å²) in [5.74, 6) is -0.599. The minimum Gasteiger partial charge on any atom is -0.493 e. The number of esters is 2. The van der Waals surface area contributed by atoms with Gasteiger partial charge in [-0.2, -0.15) is 0 Å². The smallest absolute Gasteiger partial charge is 0.341 e. The van der Waals surface area contributed by atoms with Crippen LogP contribution in [0.2, 0.25) is 0 Å². The molecule has 0 atom stereocenters. The molecule has 3 rings (SSSR count). The van der Waals surface area contributed by atoms with E-state index in [1.54, 1.807) is 30.5 Å². The third-order valence-corrected chi connectivity index (χ3v) is 5.30. The van der Waals surface area contributed by atoms with E-state index in [9.17, 15) is 14.4 Å². The third kappa shape index (κ3) is 5.96. The Morgan fingerprint density at radius 3 is 2.53 bits per heavy atom. The zero-order chi connectivity index (χ0) is 24.7. The lowest BCUT2D eigenvalue weighted by Crippen LogP contribution is -2.21. The predicted molar refractivity (Wildman–Crippen MR) is 126 cm³/mol. The van der Waals surface area contributed by atoms with Crippen molar-refractivity contribution >= 4 is 34.2 Å². The van der Waals surface area contributed by atoms with Crippen molar-refractivity contribution in [1.82, 2.24) is 0 Å². The summed E-state index contributed by atoms with van der Waals surface area (Å²) in [5.41, 5.74) is 0.868. The molecular formula is C24H25NO8S. The van der Waals surface area contributed by atoms with E-state index >= 15 is 0 Å². The average molecular weight is 488 g/mol. The Morgan fingerprint density at radius 2 is 1.88 bits per heavy atom. The lowest BCUT2D eigenvalue weighted by molar-refractivity contribution is -0.119. The maximum absolute atomic E-state index is 12.5. The molecular weight excluding hydrogens is 462 g/mol. The van der Waals surface area contributed by atoms with Gasteiger partial charge in [-0.25, -0.2) is 9.59 Å². The van der Waals surface area contributed by atoms with E-state index in [-0.39, 0.29) is 28.8 Å². The molecule has 0 aliphatic heterocycles. The summed E-state index contributed by atoms with van der Waals surface area (Å²) in [6, 6.07) is 7.99. The van der Waals surface area contributed by atoms with Gasteiger partial charge in [-0.15, -0.1) is 11.3 Å². The van der Waals surface area contributed by atoms with E-state index in [1.165, 1.54) is 25.5 Å². The van der Waals surface area contributed by atoms with Crippen LogP contribution in [0.4, 0.5) is 5.00 Å². The number of benzene rings is 1. The van der Waals surface area contributed by atoms with Crippen molar-refractivity contribution in [2.45, 2.75) is 26.9 Å². The Balaban J connectivity index is 1.68. The van der Waals surface area contributed by atoms with Crippen LogP contribution in [0, 0.1) is 0 Å². The monoisotopic (exact) mass is 487 g/mol. The minimum atomic E-state index is -0.711. The molecule has 1 amide bonds. The lowest BCUT2D eigenvalue weighted by atomic mass is 10.1. The summed E-state index contributed by atoms with van der Waals surface area (Å²) in [4.78, 5) is 37.4. The molecule has 0 radical (unpaired) electrons. The van der Waals surface area contributed by atoms with Crippen molar-refractivity contribution in [1.29, 1.82) is 0 Å². The molecule has 3 aromatic rings. The van der Waals surface area contributed by atoms with Crippen molar-refractivity contribution in [3.05, 3.63) is 53.1 Å². The first-order valence-electron chi connectivity index (χ1n) is 10.5. The number of carbonyl (C=O) groups is 3. The molecule has 0 saturated carbocycles. The third-order valence-electron chi connectivity index (χ3n) is 4.41. The van der Waals surface area contributed by atoms with Crippen LogP contribution in [0.1, 0.15) is 41.5 Å². The van der Waals surface area contributed by atoms with Gasteiger partial charge in [-0.3, -0.25) is 4.79 Å². The second-order valence-electron chi connectivity index (χ2n) is 7.21. The fourth-order valence-electron chi connectivity index (χ4n) is 2.99. The van der Waals surface area contributed by atoms with Crippen LogP contribution in [0.5, 0.6) is 11.5 Å². The number of anilines is 1. The molecule has 34 heavy (non-hydrogen) atoms. The highest BCUT2D eigenvalue weighted by Crippen LogP contribution is 2.36. The maximum atomic E-state index is 12.5. The van der Waals surface area contributed by atoms with Crippen LogP contribution in [0.3, 0.4) is 0 Å². The zero-order valence-corrected chi connectivity index (χ0v) is 20.0. The molecule has 2 aromatic heterocycles. The van der Waals surface area contributed by atoms with E-state index in [0.717, 1.165) is 11.3 Å². The zero-order valence-electron chi connectivity index (χ0n) is 19.2. The Morgan fingerprint density at radius 1 is 1.09 bits per heavy atom. The number of methoxy groups -OCH3 is 1. The average Bonchev–Trinajstić information content (AvgIpc) is 3.47. The summed E-state index contributed by atoms with van der Waals surface area (Å²) in [6.45, 7) is 5.05. The summed E-state index contributed by atoms with van der Waals surface area (Å²) in [7, 11) is 1.46. The molecule has 0 spiro atoms. The van der Waals surface area contributed by atoms with Crippen molar-refractivity contribution < 1.29 is 37.7 Å². The van der Waals surface area contributed by atoms with Gasteiger partial charge < -0.3 is 28.7 Å². The number of ether oxygens (including phenoxy) is 4. The van der Waals surface area contributed by atoms with Crippen LogP contribution in [0.15, 0.2) is 46.4 Å². The summed E-state index contributed by atoms with van der Waals surface area (Å²) in [5, 5.41) is 4.55.